The van der Waals surface area contributed by atoms with Crippen molar-refractivity contribution in [1.82, 2.24) is 15.4 Å². The summed E-state index contributed by atoms with van der Waals surface area (Å²) in [4.78, 5) is 42.3. The SMILES string of the molecule is O=C(NNc1ncnc(NC(c2ccccc2)c2ccccc2)c1[N+](=O)[O-])c1ccccc1[N+](=O)[O-]. The van der Waals surface area contributed by atoms with Gasteiger partial charge in [-0.25, -0.2) is 9.97 Å². The van der Waals surface area contributed by atoms with E-state index in [2.05, 4.69) is 26.1 Å². The molecular weight excluding hydrogens is 466 g/mol. The van der Waals surface area contributed by atoms with Gasteiger partial charge in [-0.05, 0) is 17.2 Å². The van der Waals surface area contributed by atoms with Gasteiger partial charge in [-0.1, -0.05) is 72.8 Å². The lowest BCUT2D eigenvalue weighted by molar-refractivity contribution is -0.385. The van der Waals surface area contributed by atoms with E-state index in [4.69, 9.17) is 0 Å². The van der Waals surface area contributed by atoms with E-state index in [9.17, 15) is 25.0 Å². The molecule has 4 aromatic rings. The molecule has 3 N–H and O–H groups in total. The number of nitrogens with zero attached hydrogens (tertiary/aromatic N) is 4. The highest BCUT2D eigenvalue weighted by atomic mass is 16.6. The van der Waals surface area contributed by atoms with Crippen molar-refractivity contribution in [1.29, 1.82) is 0 Å². The van der Waals surface area contributed by atoms with Crippen LogP contribution in [0.25, 0.3) is 0 Å². The lowest BCUT2D eigenvalue weighted by atomic mass is 9.99. The predicted molar refractivity (Wildman–Crippen MR) is 131 cm³/mol. The smallest absolute Gasteiger partial charge is 0.353 e. The van der Waals surface area contributed by atoms with E-state index in [1.807, 2.05) is 60.7 Å². The summed E-state index contributed by atoms with van der Waals surface area (Å²) in [6.07, 6.45) is 1.10. The lowest BCUT2D eigenvalue weighted by Crippen LogP contribution is -2.31. The number of carbonyl (C=O) groups is 1. The Morgan fingerprint density at radius 2 is 1.31 bits per heavy atom. The van der Waals surface area contributed by atoms with Gasteiger partial charge in [-0.2, -0.15) is 0 Å². The zero-order valence-electron chi connectivity index (χ0n) is 18.6. The third kappa shape index (κ3) is 5.22. The van der Waals surface area contributed by atoms with Gasteiger partial charge >= 0.3 is 5.69 Å². The van der Waals surface area contributed by atoms with Crippen molar-refractivity contribution < 1.29 is 14.6 Å². The second-order valence-electron chi connectivity index (χ2n) is 7.43. The number of nitro benzene ring substituents is 1. The number of benzene rings is 3. The topological polar surface area (TPSA) is 165 Å². The van der Waals surface area contributed by atoms with Gasteiger partial charge in [0.05, 0.1) is 15.9 Å². The van der Waals surface area contributed by atoms with E-state index in [1.54, 1.807) is 0 Å². The summed E-state index contributed by atoms with van der Waals surface area (Å²) in [5.74, 6) is -1.25. The number of rotatable bonds is 9. The molecule has 0 unspecified atom stereocenters. The molecule has 3 aromatic carbocycles. The molecule has 12 nitrogen and oxygen atoms in total. The van der Waals surface area contributed by atoms with Crippen molar-refractivity contribution in [3.63, 3.8) is 0 Å². The Morgan fingerprint density at radius 1 is 0.750 bits per heavy atom. The largest absolute Gasteiger partial charge is 0.354 e. The molecule has 12 heteroatoms. The van der Waals surface area contributed by atoms with Crippen LogP contribution in [-0.2, 0) is 0 Å². The highest BCUT2D eigenvalue weighted by Gasteiger charge is 2.27. The molecule has 36 heavy (non-hydrogen) atoms. The first-order chi connectivity index (χ1) is 17.5. The molecule has 0 atom stereocenters. The third-order valence-electron chi connectivity index (χ3n) is 5.19. The molecule has 0 saturated heterocycles. The molecule has 0 fully saturated rings. The zero-order chi connectivity index (χ0) is 25.5. The van der Waals surface area contributed by atoms with Gasteiger partial charge in [0.2, 0.25) is 11.6 Å². The number of carbonyl (C=O) groups excluding carboxylic acids is 1. The zero-order valence-corrected chi connectivity index (χ0v) is 18.6. The van der Waals surface area contributed by atoms with Crippen molar-refractivity contribution in [2.45, 2.75) is 6.04 Å². The quantitative estimate of drug-likeness (QED) is 0.232. The number of anilines is 2. The minimum Gasteiger partial charge on any atom is -0.353 e. The van der Waals surface area contributed by atoms with Crippen LogP contribution in [0.1, 0.15) is 27.5 Å². The van der Waals surface area contributed by atoms with Crippen molar-refractivity contribution in [3.05, 3.63) is 128 Å². The molecule has 1 heterocycles. The fourth-order valence-corrected chi connectivity index (χ4v) is 3.54. The van der Waals surface area contributed by atoms with E-state index in [1.165, 1.54) is 24.3 Å². The van der Waals surface area contributed by atoms with Gasteiger partial charge in [0.25, 0.3) is 11.6 Å². The van der Waals surface area contributed by atoms with Gasteiger partial charge < -0.3 is 5.32 Å². The van der Waals surface area contributed by atoms with Crippen molar-refractivity contribution >= 4 is 28.9 Å². The normalized spacial score (nSPS) is 10.5. The number of nitrogens with one attached hydrogen (secondary N) is 3. The Kier molecular flexibility index (Phi) is 7.06. The van der Waals surface area contributed by atoms with Gasteiger partial charge in [0.15, 0.2) is 0 Å². The Morgan fingerprint density at radius 3 is 1.89 bits per heavy atom. The van der Waals surface area contributed by atoms with Crippen LogP contribution in [0.5, 0.6) is 0 Å². The first-order valence-electron chi connectivity index (χ1n) is 10.6. The van der Waals surface area contributed by atoms with Crippen LogP contribution in [0.15, 0.2) is 91.3 Å². The average molecular weight is 485 g/mol. The second-order valence-corrected chi connectivity index (χ2v) is 7.43. The fourth-order valence-electron chi connectivity index (χ4n) is 3.54. The number of aromatic nitrogens is 2. The number of nitro groups is 2. The molecule has 0 aliphatic rings. The molecule has 0 aliphatic heterocycles. The summed E-state index contributed by atoms with van der Waals surface area (Å²) in [7, 11) is 0. The summed E-state index contributed by atoms with van der Waals surface area (Å²) >= 11 is 0. The molecule has 1 amide bonds. The minimum absolute atomic E-state index is 0.0878. The number of hydrogen-bond acceptors (Lipinski definition) is 9. The maximum atomic E-state index is 12.6. The summed E-state index contributed by atoms with van der Waals surface area (Å²) in [5, 5.41) is 26.3. The van der Waals surface area contributed by atoms with Crippen LogP contribution < -0.4 is 16.2 Å². The number of para-hydroxylation sites is 1. The van der Waals surface area contributed by atoms with Crippen LogP contribution in [0.3, 0.4) is 0 Å². The van der Waals surface area contributed by atoms with Crippen LogP contribution in [0, 0.1) is 20.2 Å². The van der Waals surface area contributed by atoms with E-state index >= 15 is 0 Å². The molecule has 0 aliphatic carbocycles. The molecule has 0 saturated carbocycles. The number of hydrogen-bond donors (Lipinski definition) is 3. The van der Waals surface area contributed by atoms with Crippen LogP contribution >= 0.6 is 0 Å². The van der Waals surface area contributed by atoms with Crippen LogP contribution in [0.2, 0.25) is 0 Å². The molecular formula is C24H19N7O5. The minimum atomic E-state index is -0.865. The van der Waals surface area contributed by atoms with Crippen molar-refractivity contribution in [3.8, 4) is 0 Å². The molecule has 0 bridgehead atoms. The lowest BCUT2D eigenvalue weighted by Gasteiger charge is -2.20. The Balaban J connectivity index is 1.64. The Labute approximate surface area is 204 Å². The molecule has 180 valence electrons. The maximum absolute atomic E-state index is 12.6. The highest BCUT2D eigenvalue weighted by Crippen LogP contribution is 2.33. The van der Waals surface area contributed by atoms with Crippen molar-refractivity contribution in [2.75, 3.05) is 10.7 Å². The van der Waals surface area contributed by atoms with Crippen molar-refractivity contribution in [2.24, 2.45) is 0 Å². The standard InChI is InChI=1S/C24H19N7O5/c32-24(18-13-7-8-14-19(18)30(33)34)29-28-23-21(31(35)36)22(25-15-26-23)27-20(16-9-3-1-4-10-16)17-11-5-2-6-12-17/h1-15,20H,(H,29,32)(H2,25,26,27,28). The summed E-state index contributed by atoms with van der Waals surface area (Å²) in [6.45, 7) is 0. The van der Waals surface area contributed by atoms with Crippen LogP contribution in [-0.4, -0.2) is 25.7 Å². The summed E-state index contributed by atoms with van der Waals surface area (Å²) in [6, 6.07) is 23.5. The number of amides is 1. The Hall–Kier alpha value is -5.39. The molecule has 4 rings (SSSR count). The number of hydrazine groups is 1. The van der Waals surface area contributed by atoms with E-state index < -0.39 is 33.2 Å². The van der Waals surface area contributed by atoms with E-state index in [0.29, 0.717) is 0 Å². The van der Waals surface area contributed by atoms with E-state index in [-0.39, 0.29) is 17.2 Å². The second kappa shape index (κ2) is 10.7. The van der Waals surface area contributed by atoms with Gasteiger partial charge in [0.1, 0.15) is 11.9 Å². The molecule has 0 spiro atoms. The van der Waals surface area contributed by atoms with Crippen LogP contribution in [0.4, 0.5) is 23.0 Å². The predicted octanol–water partition coefficient (Wildman–Crippen LogP) is 4.25. The first kappa shape index (κ1) is 23.8. The first-order valence-corrected chi connectivity index (χ1v) is 10.6. The summed E-state index contributed by atoms with van der Waals surface area (Å²) in [5.41, 5.74) is 5.17. The van der Waals surface area contributed by atoms with E-state index in [0.717, 1.165) is 17.5 Å². The van der Waals surface area contributed by atoms with Gasteiger partial charge in [-0.3, -0.25) is 35.9 Å². The summed E-state index contributed by atoms with van der Waals surface area (Å²) < 4.78 is 0. The monoisotopic (exact) mass is 485 g/mol. The van der Waals surface area contributed by atoms with Gasteiger partial charge in [0, 0.05) is 6.07 Å². The third-order valence-corrected chi connectivity index (χ3v) is 5.19. The average Bonchev–Trinajstić information content (AvgIpc) is 2.91. The maximum Gasteiger partial charge on any atom is 0.354 e. The highest BCUT2D eigenvalue weighted by molar-refractivity contribution is 5.98. The Bertz CT molecular complexity index is 1360. The molecule has 0 radical (unpaired) electrons. The van der Waals surface area contributed by atoms with Gasteiger partial charge in [-0.15, -0.1) is 0 Å². The fraction of sp³-hybridized carbons (Fsp3) is 0.0417. The molecule has 1 aromatic heterocycles.